The summed E-state index contributed by atoms with van der Waals surface area (Å²) in [5, 5.41) is 0. The lowest BCUT2D eigenvalue weighted by atomic mass is 10.5. The van der Waals surface area contributed by atoms with E-state index in [0.29, 0.717) is 12.7 Å². The molecule has 9 heavy (non-hydrogen) atoms. The maximum absolute atomic E-state index is 5.06. The molecule has 0 aromatic heterocycles. The minimum Gasteiger partial charge on any atom is -0.375 e. The Hall–Kier alpha value is -0.410. The fraction of sp³-hybridized carbons (Fsp3) is 0.667. The second kappa shape index (κ2) is 4.47. The van der Waals surface area contributed by atoms with E-state index in [9.17, 15) is 0 Å². The van der Waals surface area contributed by atoms with Crippen molar-refractivity contribution in [3.63, 3.8) is 0 Å². The van der Waals surface area contributed by atoms with Gasteiger partial charge in [0, 0.05) is 0 Å². The van der Waals surface area contributed by atoms with Crippen LogP contribution in [-0.2, 0) is 9.47 Å². The van der Waals surface area contributed by atoms with Crippen LogP contribution in [0, 0.1) is 0 Å². The summed E-state index contributed by atoms with van der Waals surface area (Å²) >= 11 is 0. The highest BCUT2D eigenvalue weighted by Gasteiger charge is 2.21. The van der Waals surface area contributed by atoms with E-state index in [0.717, 1.165) is 13.2 Å². The molecule has 1 fully saturated rings. The second-order valence-electron chi connectivity index (χ2n) is 1.78. The molecule has 1 rings (SSSR count). The zero-order valence-corrected chi connectivity index (χ0v) is 5.21. The largest absolute Gasteiger partial charge is 0.375 e. The fourth-order valence-electron chi connectivity index (χ4n) is 0.447. The summed E-state index contributed by atoms with van der Waals surface area (Å²) in [4.78, 5) is 0. The van der Waals surface area contributed by atoms with E-state index in [2.05, 4.69) is 6.58 Å². The van der Waals surface area contributed by atoms with E-state index in [1.54, 1.807) is 6.08 Å². The highest BCUT2D eigenvalue weighted by atomic mass is 19.0. The molecule has 1 atom stereocenters. The van der Waals surface area contributed by atoms with Crippen molar-refractivity contribution in [2.45, 2.75) is 6.10 Å². The van der Waals surface area contributed by atoms with Crippen LogP contribution in [0.2, 0.25) is 0 Å². The predicted octanol–water partition coefficient (Wildman–Crippen LogP) is 0.740. The van der Waals surface area contributed by atoms with Gasteiger partial charge in [0.15, 0.2) is 0 Å². The molecule has 0 radical (unpaired) electrons. The van der Waals surface area contributed by atoms with Crippen LogP contribution < -0.4 is 0 Å². The van der Waals surface area contributed by atoms with E-state index in [4.69, 9.17) is 9.47 Å². The van der Waals surface area contributed by atoms with Gasteiger partial charge >= 0.3 is 0 Å². The highest BCUT2D eigenvalue weighted by molar-refractivity contribution is 4.70. The lowest BCUT2D eigenvalue weighted by molar-refractivity contribution is 0.141. The summed E-state index contributed by atoms with van der Waals surface area (Å²) in [5.74, 6) is 0. The number of ether oxygens (including phenoxy) is 2. The molecule has 0 aliphatic carbocycles. The summed E-state index contributed by atoms with van der Waals surface area (Å²) in [7, 11) is 0. The zero-order valence-electron chi connectivity index (χ0n) is 5.21. The Morgan fingerprint density at radius 1 is 1.78 bits per heavy atom. The van der Waals surface area contributed by atoms with Crippen LogP contribution in [-0.4, -0.2) is 25.9 Å². The highest BCUT2D eigenvalue weighted by Crippen LogP contribution is 2.07. The third-order valence-electron chi connectivity index (χ3n) is 0.942. The standard InChI is InChI=1S/C6H10O2.FH/c1-2-3-7-4-6-5-8-6;/h2,6H,1,3-5H2;1H. The minimum atomic E-state index is 0. The first-order chi connectivity index (χ1) is 3.93. The summed E-state index contributed by atoms with van der Waals surface area (Å²) in [6.07, 6.45) is 2.12. The first-order valence-corrected chi connectivity index (χ1v) is 2.73. The summed E-state index contributed by atoms with van der Waals surface area (Å²) in [6.45, 7) is 5.75. The van der Waals surface area contributed by atoms with Crippen molar-refractivity contribution in [3.05, 3.63) is 12.7 Å². The molecule has 0 bridgehead atoms. The molecule has 1 heterocycles. The van der Waals surface area contributed by atoms with Gasteiger partial charge in [0.25, 0.3) is 0 Å². The second-order valence-corrected chi connectivity index (χ2v) is 1.78. The van der Waals surface area contributed by atoms with Crippen molar-refractivity contribution in [2.75, 3.05) is 19.8 Å². The van der Waals surface area contributed by atoms with Crippen molar-refractivity contribution in [1.82, 2.24) is 0 Å². The Kier molecular flexibility index (Phi) is 4.26. The van der Waals surface area contributed by atoms with Gasteiger partial charge in [-0.25, -0.2) is 0 Å². The topological polar surface area (TPSA) is 21.8 Å². The smallest absolute Gasteiger partial charge is 0.104 e. The molecule has 1 saturated heterocycles. The van der Waals surface area contributed by atoms with Crippen LogP contribution in [0.3, 0.4) is 0 Å². The summed E-state index contributed by atoms with van der Waals surface area (Å²) < 4.78 is 9.96. The Bertz CT molecular complexity index is 81.1. The van der Waals surface area contributed by atoms with Gasteiger partial charge in [0.1, 0.15) is 6.10 Å². The molecule has 0 aromatic carbocycles. The van der Waals surface area contributed by atoms with Gasteiger partial charge in [0.2, 0.25) is 0 Å². The lowest BCUT2D eigenvalue weighted by Crippen LogP contribution is -2.00. The lowest BCUT2D eigenvalue weighted by Gasteiger charge is -1.92. The molecule has 1 aliphatic heterocycles. The molecule has 0 spiro atoms. The molecule has 0 saturated carbocycles. The minimum absolute atomic E-state index is 0. The van der Waals surface area contributed by atoms with Crippen molar-refractivity contribution in [2.24, 2.45) is 0 Å². The van der Waals surface area contributed by atoms with Crippen LogP contribution in [0.15, 0.2) is 12.7 Å². The van der Waals surface area contributed by atoms with Gasteiger partial charge in [-0.1, -0.05) is 6.08 Å². The molecule has 0 N–H and O–H groups in total. The van der Waals surface area contributed by atoms with Crippen LogP contribution in [0.5, 0.6) is 0 Å². The van der Waals surface area contributed by atoms with Crippen molar-refractivity contribution < 1.29 is 14.2 Å². The van der Waals surface area contributed by atoms with Gasteiger partial charge in [-0.2, -0.15) is 0 Å². The van der Waals surface area contributed by atoms with Crippen LogP contribution in [0.4, 0.5) is 4.70 Å². The first kappa shape index (κ1) is 8.59. The van der Waals surface area contributed by atoms with Crippen LogP contribution in [0.25, 0.3) is 0 Å². The van der Waals surface area contributed by atoms with Crippen molar-refractivity contribution in [3.8, 4) is 0 Å². The van der Waals surface area contributed by atoms with E-state index in [1.807, 2.05) is 0 Å². The molecule has 1 aliphatic rings. The van der Waals surface area contributed by atoms with Crippen molar-refractivity contribution >= 4 is 0 Å². The Balaban J connectivity index is 0.000000640. The number of hydrogen-bond acceptors (Lipinski definition) is 2. The maximum Gasteiger partial charge on any atom is 0.104 e. The Morgan fingerprint density at radius 2 is 2.44 bits per heavy atom. The van der Waals surface area contributed by atoms with E-state index in [1.165, 1.54) is 0 Å². The van der Waals surface area contributed by atoms with Gasteiger partial charge in [0.05, 0.1) is 19.8 Å². The SMILES string of the molecule is C=CCOCC1CO1.F. The summed E-state index contributed by atoms with van der Waals surface area (Å²) in [5.41, 5.74) is 0. The molecule has 0 aromatic rings. The molecular formula is C6H11FO2. The third-order valence-corrected chi connectivity index (χ3v) is 0.942. The van der Waals surface area contributed by atoms with Crippen LogP contribution in [0.1, 0.15) is 0 Å². The molecule has 54 valence electrons. The number of hydrogen-bond donors (Lipinski definition) is 0. The average Bonchev–Trinajstić information content (AvgIpc) is 2.51. The molecule has 1 unspecified atom stereocenters. The van der Waals surface area contributed by atoms with Crippen molar-refractivity contribution in [1.29, 1.82) is 0 Å². The van der Waals surface area contributed by atoms with Crippen LogP contribution >= 0.6 is 0 Å². The van der Waals surface area contributed by atoms with E-state index >= 15 is 0 Å². The Labute approximate surface area is 53.8 Å². The zero-order chi connectivity index (χ0) is 5.82. The molecule has 2 nitrogen and oxygen atoms in total. The first-order valence-electron chi connectivity index (χ1n) is 2.73. The fourth-order valence-corrected chi connectivity index (χ4v) is 0.447. The molecular weight excluding hydrogens is 123 g/mol. The maximum atomic E-state index is 5.06. The van der Waals surface area contributed by atoms with E-state index in [-0.39, 0.29) is 4.70 Å². The number of rotatable bonds is 4. The molecule has 3 heteroatoms. The Morgan fingerprint density at radius 3 is 2.89 bits per heavy atom. The van der Waals surface area contributed by atoms with Gasteiger partial charge < -0.3 is 9.47 Å². The number of epoxide rings is 1. The normalized spacial score (nSPS) is 22.4. The summed E-state index contributed by atoms with van der Waals surface area (Å²) in [6, 6.07) is 0. The monoisotopic (exact) mass is 134 g/mol. The predicted molar refractivity (Wildman–Crippen MR) is 33.3 cm³/mol. The average molecular weight is 134 g/mol. The van der Waals surface area contributed by atoms with Gasteiger partial charge in [-0.15, -0.1) is 6.58 Å². The van der Waals surface area contributed by atoms with Gasteiger partial charge in [-0.05, 0) is 0 Å². The van der Waals surface area contributed by atoms with Gasteiger partial charge in [-0.3, -0.25) is 4.70 Å². The quantitative estimate of drug-likeness (QED) is 0.321. The van der Waals surface area contributed by atoms with E-state index < -0.39 is 0 Å². The third kappa shape index (κ3) is 4.12. The molecule has 0 amide bonds. The number of halogens is 1.